The average molecular weight is 265 g/mol. The van der Waals surface area contributed by atoms with Crippen LogP contribution in [-0.4, -0.2) is 15.5 Å². The lowest BCUT2D eigenvalue weighted by Gasteiger charge is -2.05. The van der Waals surface area contributed by atoms with Crippen LogP contribution in [0.25, 0.3) is 22.4 Å². The third-order valence-electron chi connectivity index (χ3n) is 3.55. The Morgan fingerprint density at radius 1 is 1.20 bits per heavy atom. The van der Waals surface area contributed by atoms with Crippen molar-refractivity contribution in [2.45, 2.75) is 6.92 Å². The topological polar surface area (TPSA) is 60.9 Å². The van der Waals surface area contributed by atoms with Crippen LogP contribution in [0.15, 0.2) is 42.5 Å². The monoisotopic (exact) mass is 265 g/mol. The summed E-state index contributed by atoms with van der Waals surface area (Å²) in [7, 11) is 1.97. The molecule has 4 nitrogen and oxygen atoms in total. The van der Waals surface area contributed by atoms with Gasteiger partial charge in [0.15, 0.2) is 0 Å². The molecule has 1 amide bonds. The van der Waals surface area contributed by atoms with Gasteiger partial charge in [-0.3, -0.25) is 4.79 Å². The normalized spacial score (nSPS) is 10.9. The minimum atomic E-state index is -0.435. The number of imidazole rings is 1. The number of benzene rings is 2. The summed E-state index contributed by atoms with van der Waals surface area (Å²) in [6, 6.07) is 13.5. The van der Waals surface area contributed by atoms with E-state index in [-0.39, 0.29) is 0 Å². The minimum Gasteiger partial charge on any atom is -0.366 e. The number of amides is 1. The fourth-order valence-electron chi connectivity index (χ4n) is 2.42. The first kappa shape index (κ1) is 12.4. The molecule has 0 radical (unpaired) electrons. The number of aryl methyl sites for hydroxylation is 2. The van der Waals surface area contributed by atoms with Gasteiger partial charge in [0.2, 0.25) is 5.91 Å². The average Bonchev–Trinajstić information content (AvgIpc) is 2.76. The summed E-state index contributed by atoms with van der Waals surface area (Å²) in [6.45, 7) is 2.06. The Kier molecular flexibility index (Phi) is 2.79. The van der Waals surface area contributed by atoms with Crippen molar-refractivity contribution in [1.29, 1.82) is 0 Å². The van der Waals surface area contributed by atoms with Crippen molar-refractivity contribution in [2.24, 2.45) is 12.8 Å². The molecule has 1 heterocycles. The second kappa shape index (κ2) is 4.49. The van der Waals surface area contributed by atoms with Crippen molar-refractivity contribution < 1.29 is 4.79 Å². The molecule has 0 spiro atoms. The second-order valence-corrected chi connectivity index (χ2v) is 4.88. The maximum Gasteiger partial charge on any atom is 0.248 e. The van der Waals surface area contributed by atoms with Gasteiger partial charge in [-0.05, 0) is 30.7 Å². The van der Waals surface area contributed by atoms with E-state index in [4.69, 9.17) is 5.73 Å². The van der Waals surface area contributed by atoms with Crippen LogP contribution in [0.1, 0.15) is 15.9 Å². The van der Waals surface area contributed by atoms with Crippen LogP contribution in [0.3, 0.4) is 0 Å². The molecule has 0 fully saturated rings. The Labute approximate surface area is 116 Å². The first-order chi connectivity index (χ1) is 9.58. The predicted octanol–water partition coefficient (Wildman–Crippen LogP) is 2.65. The zero-order valence-electron chi connectivity index (χ0n) is 11.4. The molecule has 0 saturated heterocycles. The van der Waals surface area contributed by atoms with Gasteiger partial charge in [-0.15, -0.1) is 0 Å². The van der Waals surface area contributed by atoms with Crippen molar-refractivity contribution in [2.75, 3.05) is 0 Å². The number of fused-ring (bicyclic) bond motifs is 1. The highest BCUT2D eigenvalue weighted by atomic mass is 16.1. The van der Waals surface area contributed by atoms with Gasteiger partial charge in [-0.1, -0.05) is 24.3 Å². The van der Waals surface area contributed by atoms with Gasteiger partial charge in [0.05, 0.1) is 11.0 Å². The van der Waals surface area contributed by atoms with Gasteiger partial charge in [0, 0.05) is 18.2 Å². The van der Waals surface area contributed by atoms with E-state index in [9.17, 15) is 4.79 Å². The summed E-state index contributed by atoms with van der Waals surface area (Å²) in [4.78, 5) is 15.9. The molecule has 0 aliphatic rings. The predicted molar refractivity (Wildman–Crippen MR) is 79.4 cm³/mol. The second-order valence-electron chi connectivity index (χ2n) is 4.88. The molecule has 3 aromatic rings. The van der Waals surface area contributed by atoms with Crippen LogP contribution < -0.4 is 5.73 Å². The van der Waals surface area contributed by atoms with E-state index >= 15 is 0 Å². The van der Waals surface area contributed by atoms with E-state index in [1.807, 2.05) is 35.9 Å². The molecule has 100 valence electrons. The zero-order valence-corrected chi connectivity index (χ0v) is 11.4. The van der Waals surface area contributed by atoms with Crippen molar-refractivity contribution in [3.05, 3.63) is 53.6 Å². The Hall–Kier alpha value is -2.62. The molecular formula is C16H15N3O. The van der Waals surface area contributed by atoms with Crippen LogP contribution in [0, 0.1) is 6.92 Å². The SMILES string of the molecule is Cc1ccccc1-c1nc2cc(C(N)=O)ccc2n1C. The molecular weight excluding hydrogens is 250 g/mol. The first-order valence-electron chi connectivity index (χ1n) is 6.40. The third-order valence-corrected chi connectivity index (χ3v) is 3.55. The molecule has 2 aromatic carbocycles. The maximum atomic E-state index is 11.2. The van der Waals surface area contributed by atoms with Gasteiger partial charge in [0.1, 0.15) is 5.82 Å². The van der Waals surface area contributed by atoms with E-state index in [0.29, 0.717) is 5.56 Å². The number of primary amides is 1. The van der Waals surface area contributed by atoms with Gasteiger partial charge in [-0.25, -0.2) is 4.98 Å². The molecule has 3 rings (SSSR count). The number of rotatable bonds is 2. The quantitative estimate of drug-likeness (QED) is 0.774. The third kappa shape index (κ3) is 1.86. The Balaban J connectivity index is 2.26. The van der Waals surface area contributed by atoms with E-state index in [2.05, 4.69) is 18.0 Å². The van der Waals surface area contributed by atoms with Crippen molar-refractivity contribution in [1.82, 2.24) is 9.55 Å². The number of nitrogens with zero attached hydrogens (tertiary/aromatic N) is 2. The summed E-state index contributed by atoms with van der Waals surface area (Å²) in [5.74, 6) is 0.453. The lowest BCUT2D eigenvalue weighted by atomic mass is 10.1. The summed E-state index contributed by atoms with van der Waals surface area (Å²) in [5, 5.41) is 0. The standard InChI is InChI=1S/C16H15N3O/c1-10-5-3-4-6-12(10)16-18-13-9-11(15(17)20)7-8-14(13)19(16)2/h3-9H,1-2H3,(H2,17,20). The Morgan fingerprint density at radius 2 is 1.95 bits per heavy atom. The van der Waals surface area contributed by atoms with Gasteiger partial charge in [-0.2, -0.15) is 0 Å². The highest BCUT2D eigenvalue weighted by Gasteiger charge is 2.12. The number of hydrogen-bond donors (Lipinski definition) is 1. The smallest absolute Gasteiger partial charge is 0.248 e. The van der Waals surface area contributed by atoms with Crippen molar-refractivity contribution >= 4 is 16.9 Å². The lowest BCUT2D eigenvalue weighted by molar-refractivity contribution is 0.100. The largest absolute Gasteiger partial charge is 0.366 e. The molecule has 0 bridgehead atoms. The number of carbonyl (C=O) groups is 1. The zero-order chi connectivity index (χ0) is 14.3. The van der Waals surface area contributed by atoms with E-state index in [1.54, 1.807) is 12.1 Å². The molecule has 0 atom stereocenters. The summed E-state index contributed by atoms with van der Waals surface area (Å²) in [6.07, 6.45) is 0. The van der Waals surface area contributed by atoms with E-state index in [0.717, 1.165) is 22.4 Å². The van der Waals surface area contributed by atoms with Crippen LogP contribution in [0.4, 0.5) is 0 Å². The minimum absolute atomic E-state index is 0.435. The van der Waals surface area contributed by atoms with Gasteiger partial charge >= 0.3 is 0 Å². The number of carbonyl (C=O) groups excluding carboxylic acids is 1. The molecule has 0 aliphatic heterocycles. The Morgan fingerprint density at radius 3 is 2.65 bits per heavy atom. The van der Waals surface area contributed by atoms with Gasteiger partial charge < -0.3 is 10.3 Å². The number of hydrogen-bond acceptors (Lipinski definition) is 2. The number of nitrogens with two attached hydrogens (primary N) is 1. The highest BCUT2D eigenvalue weighted by molar-refractivity contribution is 5.96. The van der Waals surface area contributed by atoms with E-state index in [1.165, 1.54) is 5.56 Å². The van der Waals surface area contributed by atoms with Crippen LogP contribution >= 0.6 is 0 Å². The van der Waals surface area contributed by atoms with Crippen molar-refractivity contribution in [3.63, 3.8) is 0 Å². The summed E-state index contributed by atoms with van der Waals surface area (Å²) < 4.78 is 2.03. The first-order valence-corrected chi connectivity index (χ1v) is 6.40. The fraction of sp³-hybridized carbons (Fsp3) is 0.125. The molecule has 0 aliphatic carbocycles. The van der Waals surface area contributed by atoms with Crippen LogP contribution in [0.5, 0.6) is 0 Å². The van der Waals surface area contributed by atoms with Crippen LogP contribution in [0.2, 0.25) is 0 Å². The molecule has 20 heavy (non-hydrogen) atoms. The molecule has 2 N–H and O–H groups in total. The van der Waals surface area contributed by atoms with Crippen molar-refractivity contribution in [3.8, 4) is 11.4 Å². The molecule has 0 unspecified atom stereocenters. The van der Waals surface area contributed by atoms with Crippen LogP contribution in [-0.2, 0) is 7.05 Å². The molecule has 0 saturated carbocycles. The Bertz CT molecular complexity index is 818. The molecule has 1 aromatic heterocycles. The highest BCUT2D eigenvalue weighted by Crippen LogP contribution is 2.26. The lowest BCUT2D eigenvalue weighted by Crippen LogP contribution is -2.10. The fourth-order valence-corrected chi connectivity index (χ4v) is 2.42. The number of aromatic nitrogens is 2. The summed E-state index contributed by atoms with van der Waals surface area (Å²) in [5.41, 5.74) is 9.81. The summed E-state index contributed by atoms with van der Waals surface area (Å²) >= 11 is 0. The maximum absolute atomic E-state index is 11.2. The van der Waals surface area contributed by atoms with Gasteiger partial charge in [0.25, 0.3) is 0 Å². The van der Waals surface area contributed by atoms with E-state index < -0.39 is 5.91 Å². The molecule has 4 heteroatoms.